The maximum absolute atomic E-state index is 14.3. The number of para-hydroxylation sites is 2. The number of hydrogen-bond donors (Lipinski definition) is 1. The zero-order valence-corrected chi connectivity index (χ0v) is 11.0. The average Bonchev–Trinajstić information content (AvgIpc) is 2.87. The number of fused-ring (bicyclic) bond motifs is 3. The van der Waals surface area contributed by atoms with E-state index in [1.54, 1.807) is 24.3 Å². The van der Waals surface area contributed by atoms with Crippen LogP contribution in [0, 0.1) is 5.82 Å². The Hall–Kier alpha value is -2.81. The summed E-state index contributed by atoms with van der Waals surface area (Å²) in [4.78, 5) is 0. The quantitative estimate of drug-likeness (QED) is 0.525. The van der Waals surface area contributed by atoms with Crippen LogP contribution in [-0.2, 0) is 0 Å². The van der Waals surface area contributed by atoms with Gasteiger partial charge >= 0.3 is 0 Å². The van der Waals surface area contributed by atoms with E-state index in [1.807, 2.05) is 24.3 Å². The molecule has 3 aromatic carbocycles. The second kappa shape index (κ2) is 4.35. The molecule has 4 aromatic rings. The summed E-state index contributed by atoms with van der Waals surface area (Å²) in [6.07, 6.45) is 0. The molecule has 0 fully saturated rings. The molecule has 1 N–H and O–H groups in total. The molecule has 0 aliphatic rings. The Morgan fingerprint density at radius 3 is 2.43 bits per heavy atom. The summed E-state index contributed by atoms with van der Waals surface area (Å²) >= 11 is 0. The zero-order valence-electron chi connectivity index (χ0n) is 11.0. The average molecular weight is 278 g/mol. The fourth-order valence-corrected chi connectivity index (χ4v) is 2.70. The first-order valence-electron chi connectivity index (χ1n) is 6.64. The highest BCUT2D eigenvalue weighted by atomic mass is 19.1. The van der Waals surface area contributed by atoms with Gasteiger partial charge in [-0.05, 0) is 24.3 Å². The molecule has 4 rings (SSSR count). The van der Waals surface area contributed by atoms with Gasteiger partial charge in [0.05, 0.1) is 5.56 Å². The zero-order chi connectivity index (χ0) is 14.4. The van der Waals surface area contributed by atoms with Gasteiger partial charge in [0.2, 0.25) is 0 Å². The molecule has 3 heteroatoms. The number of hydrogen-bond acceptors (Lipinski definition) is 2. The molecule has 0 aliphatic carbocycles. The largest absolute Gasteiger partial charge is 0.507 e. The number of furan rings is 1. The molecular weight excluding hydrogens is 267 g/mol. The molecule has 0 aliphatic heterocycles. The molecule has 0 atom stereocenters. The monoisotopic (exact) mass is 278 g/mol. The third-order valence-electron chi connectivity index (χ3n) is 3.67. The number of benzene rings is 3. The van der Waals surface area contributed by atoms with Crippen molar-refractivity contribution < 1.29 is 13.9 Å². The molecular formula is C18H11FO2. The minimum Gasteiger partial charge on any atom is -0.507 e. The first kappa shape index (κ1) is 12.0. The Morgan fingerprint density at radius 2 is 1.57 bits per heavy atom. The van der Waals surface area contributed by atoms with Crippen molar-refractivity contribution in [3.63, 3.8) is 0 Å². The molecule has 0 amide bonds. The molecule has 21 heavy (non-hydrogen) atoms. The first-order chi connectivity index (χ1) is 10.3. The van der Waals surface area contributed by atoms with Crippen molar-refractivity contribution in [2.75, 3.05) is 0 Å². The second-order valence-electron chi connectivity index (χ2n) is 4.91. The van der Waals surface area contributed by atoms with Crippen LogP contribution in [0.5, 0.6) is 5.75 Å². The topological polar surface area (TPSA) is 33.4 Å². The van der Waals surface area contributed by atoms with Crippen molar-refractivity contribution in [3.05, 3.63) is 66.5 Å². The van der Waals surface area contributed by atoms with Gasteiger partial charge in [0, 0.05) is 16.3 Å². The van der Waals surface area contributed by atoms with Crippen molar-refractivity contribution in [2.24, 2.45) is 0 Å². The van der Waals surface area contributed by atoms with E-state index in [1.165, 1.54) is 12.1 Å². The predicted octanol–water partition coefficient (Wildman–Crippen LogP) is 5.10. The van der Waals surface area contributed by atoms with E-state index in [0.29, 0.717) is 22.3 Å². The molecule has 0 spiro atoms. The summed E-state index contributed by atoms with van der Waals surface area (Å²) in [5, 5.41) is 11.8. The van der Waals surface area contributed by atoms with Crippen LogP contribution in [0.25, 0.3) is 33.1 Å². The van der Waals surface area contributed by atoms with Gasteiger partial charge in [-0.1, -0.05) is 36.4 Å². The van der Waals surface area contributed by atoms with Crippen molar-refractivity contribution >= 4 is 21.9 Å². The van der Waals surface area contributed by atoms with Crippen molar-refractivity contribution in [1.82, 2.24) is 0 Å². The second-order valence-corrected chi connectivity index (χ2v) is 4.91. The number of phenolic OH excluding ortho intramolecular Hbond substituents is 1. The van der Waals surface area contributed by atoms with Crippen LogP contribution in [0.3, 0.4) is 0 Å². The number of halogens is 1. The van der Waals surface area contributed by atoms with Gasteiger partial charge in [-0.2, -0.15) is 0 Å². The van der Waals surface area contributed by atoms with Gasteiger partial charge in [0.25, 0.3) is 0 Å². The summed E-state index contributed by atoms with van der Waals surface area (Å²) in [6, 6.07) is 17.4. The third-order valence-corrected chi connectivity index (χ3v) is 3.67. The molecule has 1 aromatic heterocycles. The summed E-state index contributed by atoms with van der Waals surface area (Å²) in [5.74, 6) is -0.382. The highest BCUT2D eigenvalue weighted by Gasteiger charge is 2.18. The minimum absolute atomic E-state index is 0.0318. The van der Waals surface area contributed by atoms with Crippen LogP contribution in [0.15, 0.2) is 65.1 Å². The Bertz CT molecular complexity index is 969. The Morgan fingerprint density at radius 1 is 0.810 bits per heavy atom. The Kier molecular flexibility index (Phi) is 2.48. The summed E-state index contributed by atoms with van der Waals surface area (Å²) in [6.45, 7) is 0. The number of phenols is 1. The van der Waals surface area contributed by atoms with Crippen molar-refractivity contribution in [1.29, 1.82) is 0 Å². The van der Waals surface area contributed by atoms with Gasteiger partial charge in [0.1, 0.15) is 22.7 Å². The van der Waals surface area contributed by atoms with Gasteiger partial charge < -0.3 is 9.52 Å². The lowest BCUT2D eigenvalue weighted by atomic mass is 10.0. The lowest BCUT2D eigenvalue weighted by Crippen LogP contribution is -1.85. The Labute approximate surface area is 120 Å². The molecule has 0 saturated carbocycles. The van der Waals surface area contributed by atoms with Crippen LogP contribution >= 0.6 is 0 Å². The number of aromatic hydroxyl groups is 1. The van der Waals surface area contributed by atoms with E-state index in [2.05, 4.69) is 0 Å². The maximum Gasteiger partial charge on any atom is 0.146 e. The lowest BCUT2D eigenvalue weighted by molar-refractivity contribution is 0.476. The summed E-state index contributed by atoms with van der Waals surface area (Å²) < 4.78 is 20.2. The van der Waals surface area contributed by atoms with Crippen LogP contribution in [0.4, 0.5) is 4.39 Å². The van der Waals surface area contributed by atoms with E-state index in [0.717, 1.165) is 10.8 Å². The third kappa shape index (κ3) is 1.71. The van der Waals surface area contributed by atoms with Crippen LogP contribution in [0.1, 0.15) is 0 Å². The van der Waals surface area contributed by atoms with Gasteiger partial charge in [0.15, 0.2) is 0 Å². The van der Waals surface area contributed by atoms with Gasteiger partial charge in [-0.3, -0.25) is 0 Å². The van der Waals surface area contributed by atoms with Gasteiger partial charge in [-0.25, -0.2) is 4.39 Å². The smallest absolute Gasteiger partial charge is 0.146 e. The number of rotatable bonds is 1. The normalized spacial score (nSPS) is 11.3. The molecule has 0 bridgehead atoms. The molecule has 2 nitrogen and oxygen atoms in total. The van der Waals surface area contributed by atoms with Crippen LogP contribution < -0.4 is 0 Å². The van der Waals surface area contributed by atoms with Crippen molar-refractivity contribution in [2.45, 2.75) is 0 Å². The highest BCUT2D eigenvalue weighted by molar-refractivity contribution is 6.09. The maximum atomic E-state index is 14.3. The lowest BCUT2D eigenvalue weighted by Gasteiger charge is -2.06. The fraction of sp³-hybridized carbons (Fsp3) is 0. The van der Waals surface area contributed by atoms with Gasteiger partial charge in [-0.15, -0.1) is 0 Å². The molecule has 1 heterocycles. The van der Waals surface area contributed by atoms with E-state index in [4.69, 9.17) is 4.42 Å². The van der Waals surface area contributed by atoms with E-state index < -0.39 is 5.82 Å². The predicted molar refractivity (Wildman–Crippen MR) is 80.8 cm³/mol. The molecule has 0 saturated heterocycles. The highest BCUT2D eigenvalue weighted by Crippen LogP contribution is 2.40. The Balaban J connectivity index is 2.18. The fourth-order valence-electron chi connectivity index (χ4n) is 2.70. The SMILES string of the molecule is Oc1ccccc1-c1c(F)ccc2c1oc1ccccc12. The summed E-state index contributed by atoms with van der Waals surface area (Å²) in [7, 11) is 0. The van der Waals surface area contributed by atoms with Crippen LogP contribution in [-0.4, -0.2) is 5.11 Å². The van der Waals surface area contributed by atoms with E-state index in [9.17, 15) is 9.50 Å². The minimum atomic E-state index is -0.414. The van der Waals surface area contributed by atoms with Crippen molar-refractivity contribution in [3.8, 4) is 16.9 Å². The summed E-state index contributed by atoms with van der Waals surface area (Å²) in [5.41, 5.74) is 1.88. The molecule has 0 unspecified atom stereocenters. The standard InChI is InChI=1S/C18H11FO2/c19-14-10-9-12-11-5-2-4-8-16(11)21-18(12)17(14)13-6-1-3-7-15(13)20/h1-10,20H. The van der Waals surface area contributed by atoms with E-state index >= 15 is 0 Å². The molecule has 102 valence electrons. The van der Waals surface area contributed by atoms with Crippen LogP contribution in [0.2, 0.25) is 0 Å². The molecule has 0 radical (unpaired) electrons. The first-order valence-corrected chi connectivity index (χ1v) is 6.64. The van der Waals surface area contributed by atoms with E-state index in [-0.39, 0.29) is 5.75 Å².